The van der Waals surface area contributed by atoms with Crippen molar-refractivity contribution in [2.24, 2.45) is 0 Å². The van der Waals surface area contributed by atoms with Crippen molar-refractivity contribution in [3.63, 3.8) is 0 Å². The van der Waals surface area contributed by atoms with E-state index in [0.29, 0.717) is 16.9 Å². The van der Waals surface area contributed by atoms with Crippen LogP contribution in [-0.2, 0) is 20.9 Å². The Balaban J connectivity index is 1.80. The van der Waals surface area contributed by atoms with Gasteiger partial charge in [-0.25, -0.2) is 4.39 Å². The standard InChI is InChI=1S/C21H23FN2O5/c1-14(21(27)24(2)13-15-5-4-6-17(22)11-15)29-19(25)12-23-20(26)16-7-9-18(28-3)10-8-16/h4-11,14H,12-13H2,1-3H3,(H,23,26)/t14-/m1/s1. The van der Waals surface area contributed by atoms with Gasteiger partial charge in [0.25, 0.3) is 11.8 Å². The van der Waals surface area contributed by atoms with Crippen molar-refractivity contribution in [2.75, 3.05) is 20.7 Å². The van der Waals surface area contributed by atoms with Gasteiger partial charge in [0.1, 0.15) is 18.1 Å². The van der Waals surface area contributed by atoms with E-state index in [0.717, 1.165) is 0 Å². The van der Waals surface area contributed by atoms with Crippen LogP contribution in [0.4, 0.5) is 4.39 Å². The molecule has 0 saturated carbocycles. The van der Waals surface area contributed by atoms with E-state index >= 15 is 0 Å². The van der Waals surface area contributed by atoms with E-state index in [9.17, 15) is 18.8 Å². The van der Waals surface area contributed by atoms with Crippen molar-refractivity contribution in [2.45, 2.75) is 19.6 Å². The van der Waals surface area contributed by atoms with Crippen LogP contribution in [0.5, 0.6) is 5.75 Å². The Bertz CT molecular complexity index is 870. The first kappa shape index (κ1) is 21.9. The summed E-state index contributed by atoms with van der Waals surface area (Å²) in [6, 6.07) is 12.3. The van der Waals surface area contributed by atoms with E-state index < -0.39 is 29.7 Å². The third-order valence-corrected chi connectivity index (χ3v) is 4.09. The number of likely N-dealkylation sites (N-methyl/N-ethyl adjacent to an activating group) is 1. The number of benzene rings is 2. The summed E-state index contributed by atoms with van der Waals surface area (Å²) in [5.74, 6) is -1.42. The van der Waals surface area contributed by atoms with Crippen molar-refractivity contribution in [1.82, 2.24) is 10.2 Å². The van der Waals surface area contributed by atoms with Gasteiger partial charge in [0.15, 0.2) is 6.10 Å². The topological polar surface area (TPSA) is 84.9 Å². The minimum atomic E-state index is -1.04. The molecular formula is C21H23FN2O5. The third kappa shape index (κ3) is 6.60. The van der Waals surface area contributed by atoms with Gasteiger partial charge in [-0.05, 0) is 48.9 Å². The molecule has 0 aromatic heterocycles. The number of esters is 1. The molecular weight excluding hydrogens is 379 g/mol. The minimum absolute atomic E-state index is 0.173. The number of ether oxygens (including phenoxy) is 2. The molecule has 0 unspecified atom stereocenters. The fourth-order valence-corrected chi connectivity index (χ4v) is 2.58. The number of hydrogen-bond acceptors (Lipinski definition) is 5. The number of carbonyl (C=O) groups excluding carboxylic acids is 3. The van der Waals surface area contributed by atoms with Crippen LogP contribution in [0.1, 0.15) is 22.8 Å². The molecule has 1 atom stereocenters. The van der Waals surface area contributed by atoms with Gasteiger partial charge in [0.05, 0.1) is 7.11 Å². The summed E-state index contributed by atoms with van der Waals surface area (Å²) in [7, 11) is 3.05. The van der Waals surface area contributed by atoms with Crippen LogP contribution in [0.3, 0.4) is 0 Å². The lowest BCUT2D eigenvalue weighted by molar-refractivity contribution is -0.157. The number of nitrogens with zero attached hydrogens (tertiary/aromatic N) is 1. The molecule has 0 fully saturated rings. The molecule has 154 valence electrons. The molecule has 2 rings (SSSR count). The SMILES string of the molecule is COc1ccc(C(=O)NCC(=O)O[C@H](C)C(=O)N(C)Cc2cccc(F)c2)cc1. The van der Waals surface area contributed by atoms with Gasteiger partial charge in [-0.3, -0.25) is 14.4 Å². The minimum Gasteiger partial charge on any atom is -0.497 e. The monoisotopic (exact) mass is 402 g/mol. The van der Waals surface area contributed by atoms with E-state index in [-0.39, 0.29) is 13.1 Å². The maximum absolute atomic E-state index is 13.2. The lowest BCUT2D eigenvalue weighted by Crippen LogP contribution is -2.39. The van der Waals surface area contributed by atoms with Crippen LogP contribution >= 0.6 is 0 Å². The summed E-state index contributed by atoms with van der Waals surface area (Å²) in [5, 5.41) is 2.43. The van der Waals surface area contributed by atoms with Crippen LogP contribution < -0.4 is 10.1 Å². The molecule has 0 aliphatic heterocycles. The van der Waals surface area contributed by atoms with Gasteiger partial charge < -0.3 is 19.7 Å². The first-order valence-electron chi connectivity index (χ1n) is 8.91. The smallest absolute Gasteiger partial charge is 0.326 e. The highest BCUT2D eigenvalue weighted by molar-refractivity contribution is 5.96. The van der Waals surface area contributed by atoms with Crippen LogP contribution in [0.15, 0.2) is 48.5 Å². The summed E-state index contributed by atoms with van der Waals surface area (Å²) in [5.41, 5.74) is 0.976. The van der Waals surface area contributed by atoms with Gasteiger partial charge in [-0.1, -0.05) is 12.1 Å². The van der Waals surface area contributed by atoms with Crippen molar-refractivity contribution in [3.8, 4) is 5.75 Å². The highest BCUT2D eigenvalue weighted by Crippen LogP contribution is 2.11. The number of halogens is 1. The van der Waals surface area contributed by atoms with Gasteiger partial charge in [0.2, 0.25) is 0 Å². The molecule has 8 heteroatoms. The first-order valence-corrected chi connectivity index (χ1v) is 8.91. The highest BCUT2D eigenvalue weighted by Gasteiger charge is 2.22. The van der Waals surface area contributed by atoms with Crippen molar-refractivity contribution in [1.29, 1.82) is 0 Å². The quantitative estimate of drug-likeness (QED) is 0.684. The highest BCUT2D eigenvalue weighted by atomic mass is 19.1. The zero-order valence-corrected chi connectivity index (χ0v) is 16.5. The predicted molar refractivity (Wildman–Crippen MR) is 104 cm³/mol. The molecule has 0 radical (unpaired) electrons. The fraction of sp³-hybridized carbons (Fsp3) is 0.286. The second-order valence-corrected chi connectivity index (χ2v) is 6.37. The fourth-order valence-electron chi connectivity index (χ4n) is 2.58. The van der Waals surface area contributed by atoms with Crippen molar-refractivity contribution >= 4 is 17.8 Å². The molecule has 0 bridgehead atoms. The van der Waals surface area contributed by atoms with Crippen LogP contribution in [0, 0.1) is 5.82 Å². The van der Waals surface area contributed by atoms with E-state index in [1.54, 1.807) is 36.4 Å². The number of carbonyl (C=O) groups is 3. The van der Waals surface area contributed by atoms with Gasteiger partial charge in [0, 0.05) is 19.2 Å². The lowest BCUT2D eigenvalue weighted by Gasteiger charge is -2.21. The second-order valence-electron chi connectivity index (χ2n) is 6.37. The maximum Gasteiger partial charge on any atom is 0.326 e. The number of rotatable bonds is 8. The van der Waals surface area contributed by atoms with Crippen molar-refractivity contribution in [3.05, 3.63) is 65.5 Å². The number of methoxy groups -OCH3 is 1. The van der Waals surface area contributed by atoms with Crippen LogP contribution in [-0.4, -0.2) is 49.5 Å². The maximum atomic E-state index is 13.2. The van der Waals surface area contributed by atoms with Gasteiger partial charge in [-0.2, -0.15) is 0 Å². The molecule has 1 N–H and O–H groups in total. The second kappa shape index (κ2) is 10.2. The third-order valence-electron chi connectivity index (χ3n) is 4.09. The molecule has 0 spiro atoms. The van der Waals surface area contributed by atoms with E-state index in [2.05, 4.69) is 5.32 Å². The molecule has 0 heterocycles. The Morgan fingerprint density at radius 1 is 1.14 bits per heavy atom. The molecule has 29 heavy (non-hydrogen) atoms. The number of amides is 2. The normalized spacial score (nSPS) is 11.3. The zero-order valence-electron chi connectivity index (χ0n) is 16.5. The molecule has 2 aromatic carbocycles. The predicted octanol–water partition coefficient (Wildman–Crippen LogP) is 2.15. The summed E-state index contributed by atoms with van der Waals surface area (Å²) in [4.78, 5) is 37.7. The Kier molecular flexibility index (Phi) is 7.70. The van der Waals surface area contributed by atoms with Gasteiger partial charge >= 0.3 is 5.97 Å². The average Bonchev–Trinajstić information content (AvgIpc) is 2.71. The molecule has 2 amide bonds. The Labute approximate surface area is 168 Å². The molecule has 7 nitrogen and oxygen atoms in total. The lowest BCUT2D eigenvalue weighted by atomic mass is 10.2. The average molecular weight is 402 g/mol. The van der Waals surface area contributed by atoms with Crippen LogP contribution in [0.2, 0.25) is 0 Å². The van der Waals surface area contributed by atoms with Gasteiger partial charge in [-0.15, -0.1) is 0 Å². The van der Waals surface area contributed by atoms with Crippen LogP contribution in [0.25, 0.3) is 0 Å². The van der Waals surface area contributed by atoms with E-state index in [1.165, 1.54) is 38.1 Å². The first-order chi connectivity index (χ1) is 13.8. The zero-order chi connectivity index (χ0) is 21.4. The number of nitrogens with one attached hydrogen (secondary N) is 1. The Hall–Kier alpha value is -3.42. The Morgan fingerprint density at radius 2 is 1.83 bits per heavy atom. The summed E-state index contributed by atoms with van der Waals surface area (Å²) in [6.45, 7) is 1.23. The van der Waals surface area contributed by atoms with E-state index in [1.807, 2.05) is 0 Å². The largest absolute Gasteiger partial charge is 0.497 e. The molecule has 0 saturated heterocycles. The summed E-state index contributed by atoms with van der Waals surface area (Å²) < 4.78 is 23.3. The molecule has 0 aliphatic carbocycles. The van der Waals surface area contributed by atoms with E-state index in [4.69, 9.17) is 9.47 Å². The number of hydrogen-bond donors (Lipinski definition) is 1. The summed E-state index contributed by atoms with van der Waals surface area (Å²) in [6.07, 6.45) is -1.04. The molecule has 2 aromatic rings. The molecule has 0 aliphatic rings. The Morgan fingerprint density at radius 3 is 2.45 bits per heavy atom. The van der Waals surface area contributed by atoms with Crippen molar-refractivity contribution < 1.29 is 28.2 Å². The summed E-state index contributed by atoms with van der Waals surface area (Å²) >= 11 is 0.